The molecule has 8 nitrogen and oxygen atoms in total. The number of hydrogen-bond donors (Lipinski definition) is 2. The predicted molar refractivity (Wildman–Crippen MR) is 120 cm³/mol. The van der Waals surface area contributed by atoms with E-state index in [1.54, 1.807) is 0 Å². The third-order valence-corrected chi connectivity index (χ3v) is 6.26. The monoisotopic (exact) mass is 435 g/mol. The number of nitrogens with zero attached hydrogens (tertiary/aromatic N) is 3. The van der Waals surface area contributed by atoms with Crippen LogP contribution < -0.4 is 10.6 Å². The standard InChI is InChI=1S/C24H29N5O3/c30-20(16-17-6-4-5-7-17)28-22-21(25-12-13-26-22)23(31)27-19-10-14-29(15-11-19)24(32)18-8-2-1-3-9-18/h1-3,8-9,12-13,17,19H,4-7,10-11,14-16H2,(H,27,31)(H,26,28,30). The van der Waals surface area contributed by atoms with Crippen molar-refractivity contribution >= 4 is 23.5 Å². The Hall–Kier alpha value is -3.29. The van der Waals surface area contributed by atoms with Gasteiger partial charge in [-0.3, -0.25) is 14.4 Å². The van der Waals surface area contributed by atoms with Gasteiger partial charge in [0.15, 0.2) is 11.5 Å². The van der Waals surface area contributed by atoms with Crippen LogP contribution in [0.2, 0.25) is 0 Å². The fourth-order valence-electron chi connectivity index (χ4n) is 4.50. The molecule has 2 aliphatic rings. The fraction of sp³-hybridized carbons (Fsp3) is 0.458. The number of nitrogens with one attached hydrogen (secondary N) is 2. The largest absolute Gasteiger partial charge is 0.348 e. The lowest BCUT2D eigenvalue weighted by Gasteiger charge is -2.32. The molecule has 1 aromatic carbocycles. The highest BCUT2D eigenvalue weighted by Crippen LogP contribution is 2.27. The molecule has 2 aromatic rings. The maximum Gasteiger partial charge on any atom is 0.273 e. The number of hydrogen-bond acceptors (Lipinski definition) is 5. The number of rotatable bonds is 6. The highest BCUT2D eigenvalue weighted by molar-refractivity contribution is 6.01. The molecule has 1 aromatic heterocycles. The van der Waals surface area contributed by atoms with Crippen LogP contribution in [0.15, 0.2) is 42.7 Å². The van der Waals surface area contributed by atoms with Gasteiger partial charge in [0.05, 0.1) is 0 Å². The van der Waals surface area contributed by atoms with Gasteiger partial charge in [-0.05, 0) is 43.7 Å². The molecule has 1 aliphatic carbocycles. The molecule has 8 heteroatoms. The first-order valence-electron chi connectivity index (χ1n) is 11.4. The Morgan fingerprint density at radius 1 is 0.938 bits per heavy atom. The summed E-state index contributed by atoms with van der Waals surface area (Å²) in [6.07, 6.45) is 9.18. The van der Waals surface area contributed by atoms with E-state index in [0.29, 0.717) is 43.8 Å². The minimum Gasteiger partial charge on any atom is -0.348 e. The molecule has 32 heavy (non-hydrogen) atoms. The molecule has 168 valence electrons. The van der Waals surface area contributed by atoms with Gasteiger partial charge in [-0.1, -0.05) is 31.0 Å². The van der Waals surface area contributed by atoms with Crippen molar-refractivity contribution in [3.63, 3.8) is 0 Å². The summed E-state index contributed by atoms with van der Waals surface area (Å²) in [4.78, 5) is 48.0. The van der Waals surface area contributed by atoms with Crippen molar-refractivity contribution < 1.29 is 14.4 Å². The molecule has 0 radical (unpaired) electrons. The van der Waals surface area contributed by atoms with Gasteiger partial charge in [0.1, 0.15) is 0 Å². The summed E-state index contributed by atoms with van der Waals surface area (Å²) in [6.45, 7) is 1.15. The van der Waals surface area contributed by atoms with Crippen LogP contribution in [0.25, 0.3) is 0 Å². The Balaban J connectivity index is 1.31. The zero-order chi connectivity index (χ0) is 22.3. The quantitative estimate of drug-likeness (QED) is 0.726. The molecule has 0 bridgehead atoms. The number of likely N-dealkylation sites (tertiary alicyclic amines) is 1. The van der Waals surface area contributed by atoms with Crippen molar-refractivity contribution in [2.24, 2.45) is 5.92 Å². The topological polar surface area (TPSA) is 104 Å². The minimum atomic E-state index is -0.359. The maximum absolute atomic E-state index is 12.9. The Morgan fingerprint density at radius 2 is 1.62 bits per heavy atom. The smallest absolute Gasteiger partial charge is 0.273 e. The summed E-state index contributed by atoms with van der Waals surface area (Å²) in [6, 6.07) is 9.15. The predicted octanol–water partition coefficient (Wildman–Crippen LogP) is 3.03. The van der Waals surface area contributed by atoms with E-state index in [1.807, 2.05) is 35.2 Å². The first-order valence-corrected chi connectivity index (χ1v) is 11.4. The third-order valence-electron chi connectivity index (χ3n) is 6.26. The van der Waals surface area contributed by atoms with E-state index in [0.717, 1.165) is 12.8 Å². The SMILES string of the molecule is O=C(CC1CCCC1)Nc1nccnc1C(=O)NC1CCN(C(=O)c2ccccc2)CC1. The minimum absolute atomic E-state index is 0.0107. The number of piperidine rings is 1. The lowest BCUT2D eigenvalue weighted by atomic mass is 10.0. The van der Waals surface area contributed by atoms with Crippen LogP contribution in [0.1, 0.15) is 65.8 Å². The zero-order valence-corrected chi connectivity index (χ0v) is 18.1. The van der Waals surface area contributed by atoms with Gasteiger partial charge in [0.2, 0.25) is 5.91 Å². The van der Waals surface area contributed by atoms with Gasteiger partial charge < -0.3 is 15.5 Å². The lowest BCUT2D eigenvalue weighted by molar-refractivity contribution is -0.117. The van der Waals surface area contributed by atoms with Gasteiger partial charge >= 0.3 is 0 Å². The summed E-state index contributed by atoms with van der Waals surface area (Å²) in [5, 5.41) is 5.76. The van der Waals surface area contributed by atoms with Crippen LogP contribution in [0.3, 0.4) is 0 Å². The molecule has 4 rings (SSSR count). The molecule has 3 amide bonds. The van der Waals surface area contributed by atoms with Gasteiger partial charge in [-0.25, -0.2) is 9.97 Å². The molecule has 0 atom stereocenters. The van der Waals surface area contributed by atoms with Gasteiger partial charge in [0.25, 0.3) is 11.8 Å². The van der Waals surface area contributed by atoms with Crippen molar-refractivity contribution in [3.8, 4) is 0 Å². The number of carbonyl (C=O) groups excluding carboxylic acids is 3. The summed E-state index contributed by atoms with van der Waals surface area (Å²) < 4.78 is 0. The van der Waals surface area contributed by atoms with Crippen LogP contribution >= 0.6 is 0 Å². The van der Waals surface area contributed by atoms with Crippen molar-refractivity contribution in [2.75, 3.05) is 18.4 Å². The van der Waals surface area contributed by atoms with Crippen molar-refractivity contribution in [3.05, 3.63) is 54.0 Å². The van der Waals surface area contributed by atoms with Crippen LogP contribution in [0.5, 0.6) is 0 Å². The number of aromatic nitrogens is 2. The lowest BCUT2D eigenvalue weighted by Crippen LogP contribution is -2.46. The second kappa shape index (κ2) is 10.3. The highest BCUT2D eigenvalue weighted by Gasteiger charge is 2.26. The second-order valence-electron chi connectivity index (χ2n) is 8.56. The molecule has 2 heterocycles. The molecular weight excluding hydrogens is 406 g/mol. The van der Waals surface area contributed by atoms with E-state index in [1.165, 1.54) is 25.2 Å². The summed E-state index contributed by atoms with van der Waals surface area (Å²) in [7, 11) is 0. The van der Waals surface area contributed by atoms with Gasteiger partial charge in [0, 0.05) is 43.5 Å². The number of carbonyl (C=O) groups is 3. The van der Waals surface area contributed by atoms with E-state index in [9.17, 15) is 14.4 Å². The normalized spacial score (nSPS) is 17.2. The molecule has 0 unspecified atom stereocenters. The summed E-state index contributed by atoms with van der Waals surface area (Å²) >= 11 is 0. The van der Waals surface area contributed by atoms with Crippen LogP contribution in [0, 0.1) is 5.92 Å². The number of amides is 3. The Labute approximate surface area is 187 Å². The van der Waals surface area contributed by atoms with Gasteiger partial charge in [-0.15, -0.1) is 0 Å². The average molecular weight is 436 g/mol. The van der Waals surface area contributed by atoms with Crippen molar-refractivity contribution in [1.82, 2.24) is 20.2 Å². The molecule has 1 saturated carbocycles. The fourth-order valence-corrected chi connectivity index (χ4v) is 4.50. The van der Waals surface area contributed by atoms with E-state index in [-0.39, 0.29) is 35.3 Å². The van der Waals surface area contributed by atoms with Crippen LogP contribution in [-0.2, 0) is 4.79 Å². The molecule has 1 aliphatic heterocycles. The van der Waals surface area contributed by atoms with E-state index < -0.39 is 0 Å². The van der Waals surface area contributed by atoms with E-state index in [4.69, 9.17) is 0 Å². The maximum atomic E-state index is 12.9. The summed E-state index contributed by atoms with van der Waals surface area (Å²) in [5.74, 6) is 0.135. The zero-order valence-electron chi connectivity index (χ0n) is 18.1. The van der Waals surface area contributed by atoms with Crippen molar-refractivity contribution in [2.45, 2.75) is 51.0 Å². The average Bonchev–Trinajstić information content (AvgIpc) is 3.33. The highest BCUT2D eigenvalue weighted by atomic mass is 16.2. The second-order valence-corrected chi connectivity index (χ2v) is 8.56. The Bertz CT molecular complexity index is 951. The van der Waals surface area contributed by atoms with Crippen LogP contribution in [0.4, 0.5) is 5.82 Å². The molecule has 1 saturated heterocycles. The Morgan fingerprint density at radius 3 is 2.34 bits per heavy atom. The molecular formula is C24H29N5O3. The van der Waals surface area contributed by atoms with Crippen molar-refractivity contribution in [1.29, 1.82) is 0 Å². The summed E-state index contributed by atoms with van der Waals surface area (Å²) in [5.41, 5.74) is 0.794. The third kappa shape index (κ3) is 5.49. The first-order chi connectivity index (χ1) is 15.6. The Kier molecular flexibility index (Phi) is 7.09. The molecule has 2 fully saturated rings. The first kappa shape index (κ1) is 21.9. The number of benzene rings is 1. The molecule has 2 N–H and O–H groups in total. The molecule has 0 spiro atoms. The van der Waals surface area contributed by atoms with Gasteiger partial charge in [-0.2, -0.15) is 0 Å². The number of anilines is 1. The van der Waals surface area contributed by atoms with E-state index >= 15 is 0 Å². The van der Waals surface area contributed by atoms with E-state index in [2.05, 4.69) is 20.6 Å². The van der Waals surface area contributed by atoms with Crippen LogP contribution in [-0.4, -0.2) is 51.7 Å².